The number of rotatable bonds is 7. The van der Waals surface area contributed by atoms with Crippen molar-refractivity contribution in [2.24, 2.45) is 0 Å². The van der Waals surface area contributed by atoms with E-state index in [1.807, 2.05) is 0 Å². The van der Waals surface area contributed by atoms with E-state index in [9.17, 15) is 0 Å². The molecule has 58 heavy (non-hydrogen) atoms. The third kappa shape index (κ3) is 5.82. The molecule has 0 aliphatic heterocycles. The van der Waals surface area contributed by atoms with Crippen LogP contribution in [0.4, 0.5) is 17.1 Å². The summed E-state index contributed by atoms with van der Waals surface area (Å²) in [7, 11) is 0. The molecule has 0 saturated carbocycles. The lowest BCUT2D eigenvalue weighted by molar-refractivity contribution is 1.18. The maximum Gasteiger partial charge on any atom is 0.0541 e. The topological polar surface area (TPSA) is 8.17 Å². The molecule has 272 valence electrons. The molecule has 0 amide bonds. The summed E-state index contributed by atoms with van der Waals surface area (Å²) in [6.07, 6.45) is 0. The van der Waals surface area contributed by atoms with Crippen molar-refractivity contribution in [2.45, 2.75) is 0 Å². The minimum Gasteiger partial charge on any atom is -0.310 e. The van der Waals surface area contributed by atoms with Crippen LogP contribution in [-0.2, 0) is 0 Å². The Hall–Kier alpha value is -7.68. The summed E-state index contributed by atoms with van der Waals surface area (Å²) in [4.78, 5) is 2.36. The van der Waals surface area contributed by atoms with Crippen molar-refractivity contribution in [3.63, 3.8) is 0 Å². The quantitative estimate of drug-likeness (QED) is 0.148. The van der Waals surface area contributed by atoms with E-state index in [0.29, 0.717) is 0 Å². The number of aromatic nitrogens is 1. The van der Waals surface area contributed by atoms with E-state index >= 15 is 0 Å². The van der Waals surface area contributed by atoms with Crippen LogP contribution in [0.5, 0.6) is 0 Å². The predicted octanol–water partition coefficient (Wildman–Crippen LogP) is 15.6. The second-order valence-corrected chi connectivity index (χ2v) is 15.0. The van der Waals surface area contributed by atoms with Gasteiger partial charge in [-0.1, -0.05) is 176 Å². The fraction of sp³-hybridized carbons (Fsp3) is 0. The minimum atomic E-state index is 1.10. The second kappa shape index (κ2) is 14.1. The first-order valence-electron chi connectivity index (χ1n) is 19.9. The molecule has 0 unspecified atom stereocenters. The van der Waals surface area contributed by atoms with E-state index in [1.54, 1.807) is 0 Å². The highest BCUT2D eigenvalue weighted by Crippen LogP contribution is 2.40. The van der Waals surface area contributed by atoms with Crippen LogP contribution >= 0.6 is 0 Å². The van der Waals surface area contributed by atoms with Crippen LogP contribution in [0, 0.1) is 0 Å². The molecule has 0 aliphatic rings. The number of nitrogens with zero attached hydrogens (tertiary/aromatic N) is 2. The Kier molecular flexibility index (Phi) is 8.19. The monoisotopic (exact) mass is 738 g/mol. The molecule has 0 bridgehead atoms. The molecule has 2 heteroatoms. The lowest BCUT2D eigenvalue weighted by Gasteiger charge is -2.26. The molecule has 0 aliphatic carbocycles. The third-order valence-corrected chi connectivity index (χ3v) is 11.6. The van der Waals surface area contributed by atoms with E-state index < -0.39 is 0 Å². The molecule has 11 aromatic rings. The van der Waals surface area contributed by atoms with Gasteiger partial charge in [0.05, 0.1) is 16.7 Å². The molecule has 2 nitrogen and oxygen atoms in total. The van der Waals surface area contributed by atoms with Gasteiger partial charge in [-0.2, -0.15) is 0 Å². The highest BCUT2D eigenvalue weighted by Gasteiger charge is 2.17. The molecule has 10 aromatic carbocycles. The Morgan fingerprint density at radius 1 is 0.276 bits per heavy atom. The van der Waals surface area contributed by atoms with E-state index in [0.717, 1.165) is 17.1 Å². The van der Waals surface area contributed by atoms with Crippen molar-refractivity contribution in [2.75, 3.05) is 4.90 Å². The largest absolute Gasteiger partial charge is 0.310 e. The average molecular weight is 739 g/mol. The summed E-state index contributed by atoms with van der Waals surface area (Å²) >= 11 is 0. The van der Waals surface area contributed by atoms with Crippen molar-refractivity contribution in [3.8, 4) is 39.1 Å². The molecule has 0 radical (unpaired) electrons. The van der Waals surface area contributed by atoms with Crippen molar-refractivity contribution in [1.82, 2.24) is 4.57 Å². The van der Waals surface area contributed by atoms with E-state index in [1.165, 1.54) is 82.4 Å². The van der Waals surface area contributed by atoms with Crippen LogP contribution < -0.4 is 4.90 Å². The number of hydrogen-bond acceptors (Lipinski definition) is 1. The van der Waals surface area contributed by atoms with Gasteiger partial charge in [-0.3, -0.25) is 0 Å². The van der Waals surface area contributed by atoms with Gasteiger partial charge in [0.2, 0.25) is 0 Å². The zero-order valence-electron chi connectivity index (χ0n) is 31.8. The molecular weight excluding hydrogens is 701 g/mol. The van der Waals surface area contributed by atoms with E-state index in [2.05, 4.69) is 240 Å². The van der Waals surface area contributed by atoms with Crippen LogP contribution in [0.1, 0.15) is 0 Å². The molecule has 0 saturated heterocycles. The molecule has 11 rings (SSSR count). The molecule has 0 fully saturated rings. The molecule has 1 aromatic heterocycles. The Morgan fingerprint density at radius 3 is 1.38 bits per heavy atom. The number of para-hydroxylation sites is 3. The van der Waals surface area contributed by atoms with Gasteiger partial charge in [-0.25, -0.2) is 0 Å². The fourth-order valence-corrected chi connectivity index (χ4v) is 8.76. The third-order valence-electron chi connectivity index (χ3n) is 11.6. The molecule has 0 N–H and O–H groups in total. The Balaban J connectivity index is 0.950. The van der Waals surface area contributed by atoms with Gasteiger partial charge in [0.15, 0.2) is 0 Å². The van der Waals surface area contributed by atoms with Gasteiger partial charge in [-0.05, 0) is 104 Å². The highest BCUT2D eigenvalue weighted by molar-refractivity contribution is 6.10. The number of hydrogen-bond donors (Lipinski definition) is 0. The Labute approximate surface area is 338 Å². The van der Waals surface area contributed by atoms with Crippen molar-refractivity contribution in [3.05, 3.63) is 231 Å². The zero-order chi connectivity index (χ0) is 38.4. The lowest BCUT2D eigenvalue weighted by atomic mass is 9.98. The minimum absolute atomic E-state index is 1.10. The van der Waals surface area contributed by atoms with Crippen LogP contribution in [0.15, 0.2) is 231 Å². The standard InChI is InChI=1S/C56H38N2/c1-2-12-39(13-3-1)41-28-32-46(33-29-41)57(48-36-37-50-45(38-48)27-26-43-14-4-5-15-49(43)50)47-34-30-42(31-35-47)40-22-24-44(25-23-40)51-16-6-9-19-54(51)58-55-20-10-7-17-52(55)53-18-8-11-21-56(53)58/h1-38H. The first-order valence-corrected chi connectivity index (χ1v) is 19.9. The smallest absolute Gasteiger partial charge is 0.0541 e. The first kappa shape index (κ1) is 33.6. The van der Waals surface area contributed by atoms with Gasteiger partial charge in [0.25, 0.3) is 0 Å². The van der Waals surface area contributed by atoms with Gasteiger partial charge >= 0.3 is 0 Å². The maximum atomic E-state index is 2.41. The van der Waals surface area contributed by atoms with Crippen LogP contribution in [0.25, 0.3) is 82.4 Å². The highest BCUT2D eigenvalue weighted by atomic mass is 15.1. The van der Waals surface area contributed by atoms with Gasteiger partial charge < -0.3 is 9.47 Å². The van der Waals surface area contributed by atoms with Crippen LogP contribution in [0.2, 0.25) is 0 Å². The van der Waals surface area contributed by atoms with E-state index in [4.69, 9.17) is 0 Å². The fourth-order valence-electron chi connectivity index (χ4n) is 8.76. The first-order chi connectivity index (χ1) is 28.8. The summed E-state index contributed by atoms with van der Waals surface area (Å²) in [5.74, 6) is 0. The normalized spacial score (nSPS) is 11.4. The molecule has 1 heterocycles. The zero-order valence-corrected chi connectivity index (χ0v) is 31.8. The van der Waals surface area contributed by atoms with Crippen LogP contribution in [-0.4, -0.2) is 4.57 Å². The second-order valence-electron chi connectivity index (χ2n) is 15.0. The number of fused-ring (bicyclic) bond motifs is 6. The summed E-state index contributed by atoms with van der Waals surface area (Å²) in [5, 5.41) is 7.55. The number of anilines is 3. The maximum absolute atomic E-state index is 2.41. The van der Waals surface area contributed by atoms with Crippen molar-refractivity contribution in [1.29, 1.82) is 0 Å². The SMILES string of the molecule is c1ccc(-c2ccc(N(c3ccc(-c4ccc(-c5ccccc5-n5c6ccccc6c6ccccc65)cc4)cc3)c3ccc4c(ccc5ccccc54)c3)cc2)cc1. The predicted molar refractivity (Wildman–Crippen MR) is 247 cm³/mol. The Bertz CT molecular complexity index is 3200. The lowest BCUT2D eigenvalue weighted by Crippen LogP contribution is -2.09. The van der Waals surface area contributed by atoms with Gasteiger partial charge in [0, 0.05) is 33.4 Å². The average Bonchev–Trinajstić information content (AvgIpc) is 3.64. The summed E-state index contributed by atoms with van der Waals surface area (Å²) in [6.45, 7) is 0. The summed E-state index contributed by atoms with van der Waals surface area (Å²) in [5.41, 5.74) is 14.1. The van der Waals surface area contributed by atoms with Gasteiger partial charge in [-0.15, -0.1) is 0 Å². The van der Waals surface area contributed by atoms with Crippen LogP contribution in [0.3, 0.4) is 0 Å². The van der Waals surface area contributed by atoms with Crippen molar-refractivity contribution < 1.29 is 0 Å². The van der Waals surface area contributed by atoms with E-state index in [-0.39, 0.29) is 0 Å². The summed E-state index contributed by atoms with van der Waals surface area (Å²) in [6, 6.07) is 83.6. The number of benzene rings is 10. The molecule has 0 spiro atoms. The molecule has 0 atom stereocenters. The summed E-state index contributed by atoms with van der Waals surface area (Å²) < 4.78 is 2.41. The Morgan fingerprint density at radius 2 is 0.724 bits per heavy atom. The van der Waals surface area contributed by atoms with Gasteiger partial charge in [0.1, 0.15) is 0 Å². The molecular formula is C56H38N2. The van der Waals surface area contributed by atoms with Crippen molar-refractivity contribution >= 4 is 60.4 Å².